The van der Waals surface area contributed by atoms with Crippen LogP contribution in [0.15, 0.2) is 0 Å². The van der Waals surface area contributed by atoms with Crippen LogP contribution >= 0.6 is 0 Å². The Morgan fingerprint density at radius 3 is 2.42 bits per heavy atom. The first kappa shape index (κ1) is 15.3. The van der Waals surface area contributed by atoms with Gasteiger partial charge in [0.1, 0.15) is 0 Å². The van der Waals surface area contributed by atoms with Crippen molar-refractivity contribution in [2.45, 2.75) is 96.2 Å². The van der Waals surface area contributed by atoms with Crippen molar-refractivity contribution < 1.29 is 9.47 Å². The highest BCUT2D eigenvalue weighted by Gasteiger charge is 2.30. The Balaban J connectivity index is 1.90. The van der Waals surface area contributed by atoms with Crippen LogP contribution in [0.25, 0.3) is 0 Å². The molecule has 3 nitrogen and oxygen atoms in total. The molecular weight excluding hydrogens is 238 g/mol. The lowest BCUT2D eigenvalue weighted by molar-refractivity contribution is -0.128. The summed E-state index contributed by atoms with van der Waals surface area (Å²) >= 11 is 0. The van der Waals surface area contributed by atoms with Gasteiger partial charge in [-0.2, -0.15) is 0 Å². The molecule has 112 valence electrons. The van der Waals surface area contributed by atoms with Gasteiger partial charge in [-0.05, 0) is 46.1 Å². The number of likely N-dealkylation sites (N-methyl/N-ethyl adjacent to an activating group) is 1. The summed E-state index contributed by atoms with van der Waals surface area (Å²) in [6.07, 6.45) is 10.1. The Morgan fingerprint density at radius 2 is 1.74 bits per heavy atom. The number of hydrogen-bond donors (Lipinski definition) is 1. The van der Waals surface area contributed by atoms with Gasteiger partial charge in [0.05, 0.1) is 24.4 Å². The smallest absolute Gasteiger partial charge is 0.0731 e. The van der Waals surface area contributed by atoms with Gasteiger partial charge < -0.3 is 14.8 Å². The zero-order chi connectivity index (χ0) is 13.7. The van der Waals surface area contributed by atoms with Gasteiger partial charge in [-0.25, -0.2) is 0 Å². The summed E-state index contributed by atoms with van der Waals surface area (Å²) in [6.45, 7) is 7.58. The molecule has 2 fully saturated rings. The zero-order valence-corrected chi connectivity index (χ0v) is 12.9. The quantitative estimate of drug-likeness (QED) is 0.795. The van der Waals surface area contributed by atoms with Crippen molar-refractivity contribution >= 4 is 0 Å². The molecule has 0 amide bonds. The third kappa shape index (κ3) is 4.73. The molecule has 1 saturated carbocycles. The lowest BCUT2D eigenvalue weighted by atomic mass is 10.0. The van der Waals surface area contributed by atoms with Gasteiger partial charge in [-0.15, -0.1) is 0 Å². The second kappa shape index (κ2) is 7.61. The molecule has 2 aliphatic rings. The second-order valence-electron chi connectivity index (χ2n) is 6.33. The molecule has 4 unspecified atom stereocenters. The minimum Gasteiger partial charge on any atom is -0.375 e. The van der Waals surface area contributed by atoms with Crippen LogP contribution in [0, 0.1) is 0 Å². The monoisotopic (exact) mass is 269 g/mol. The summed E-state index contributed by atoms with van der Waals surface area (Å²) < 4.78 is 12.3. The van der Waals surface area contributed by atoms with E-state index in [1.54, 1.807) is 0 Å². The van der Waals surface area contributed by atoms with Crippen molar-refractivity contribution in [3.05, 3.63) is 0 Å². The van der Waals surface area contributed by atoms with Crippen LogP contribution in [-0.2, 0) is 9.47 Å². The van der Waals surface area contributed by atoms with E-state index in [0.29, 0.717) is 30.5 Å². The van der Waals surface area contributed by atoms with Crippen molar-refractivity contribution in [2.75, 3.05) is 6.54 Å². The molecule has 3 heteroatoms. The molecule has 0 bridgehead atoms. The maximum absolute atomic E-state index is 6.48. The van der Waals surface area contributed by atoms with E-state index < -0.39 is 0 Å². The van der Waals surface area contributed by atoms with Crippen LogP contribution in [0.1, 0.15) is 65.7 Å². The Labute approximate surface area is 118 Å². The van der Waals surface area contributed by atoms with E-state index in [2.05, 4.69) is 26.1 Å². The minimum atomic E-state index is 0.345. The molecule has 1 heterocycles. The molecule has 4 atom stereocenters. The average Bonchev–Trinajstić information content (AvgIpc) is 2.55. The zero-order valence-electron chi connectivity index (χ0n) is 12.9. The summed E-state index contributed by atoms with van der Waals surface area (Å²) in [5.41, 5.74) is 0. The van der Waals surface area contributed by atoms with Gasteiger partial charge in [-0.1, -0.05) is 26.2 Å². The molecule has 2 rings (SSSR count). The Kier molecular flexibility index (Phi) is 6.11. The van der Waals surface area contributed by atoms with Crippen LogP contribution in [0.4, 0.5) is 0 Å². The van der Waals surface area contributed by atoms with E-state index in [1.807, 2.05) is 0 Å². The summed E-state index contributed by atoms with van der Waals surface area (Å²) in [7, 11) is 0. The maximum Gasteiger partial charge on any atom is 0.0731 e. The van der Waals surface area contributed by atoms with Crippen LogP contribution < -0.4 is 5.32 Å². The molecule has 19 heavy (non-hydrogen) atoms. The Hall–Kier alpha value is -0.120. The second-order valence-corrected chi connectivity index (χ2v) is 6.33. The number of rotatable bonds is 4. The van der Waals surface area contributed by atoms with Crippen molar-refractivity contribution in [1.29, 1.82) is 0 Å². The molecule has 0 radical (unpaired) electrons. The van der Waals surface area contributed by atoms with Gasteiger partial charge >= 0.3 is 0 Å². The number of ether oxygens (including phenoxy) is 2. The van der Waals surface area contributed by atoms with Crippen molar-refractivity contribution in [2.24, 2.45) is 0 Å². The summed E-state index contributed by atoms with van der Waals surface area (Å²) in [6, 6.07) is 0.556. The van der Waals surface area contributed by atoms with E-state index in [-0.39, 0.29) is 0 Å². The van der Waals surface area contributed by atoms with Gasteiger partial charge in [0.2, 0.25) is 0 Å². The maximum atomic E-state index is 6.48. The van der Waals surface area contributed by atoms with Crippen LogP contribution in [0.5, 0.6) is 0 Å². The molecular formula is C16H31NO2. The normalized spacial score (nSPS) is 40.9. The summed E-state index contributed by atoms with van der Waals surface area (Å²) in [5, 5.41) is 3.63. The standard InChI is InChI=1S/C16H31NO2/c1-4-17-15-8-6-5-7-9-16(15)19-14-10-12(2)18-13(3)11-14/h12-17H,4-11H2,1-3H3. The van der Waals surface area contributed by atoms with Gasteiger partial charge in [0, 0.05) is 6.04 Å². The number of hydrogen-bond acceptors (Lipinski definition) is 3. The number of nitrogens with one attached hydrogen (secondary N) is 1. The van der Waals surface area contributed by atoms with Crippen LogP contribution in [0.2, 0.25) is 0 Å². The van der Waals surface area contributed by atoms with Gasteiger partial charge in [-0.3, -0.25) is 0 Å². The first-order valence-corrected chi connectivity index (χ1v) is 8.23. The molecule has 1 N–H and O–H groups in total. The van der Waals surface area contributed by atoms with E-state index in [0.717, 1.165) is 19.4 Å². The van der Waals surface area contributed by atoms with Gasteiger partial charge in [0.25, 0.3) is 0 Å². The van der Waals surface area contributed by atoms with Crippen molar-refractivity contribution in [1.82, 2.24) is 5.32 Å². The van der Waals surface area contributed by atoms with Crippen LogP contribution in [0.3, 0.4) is 0 Å². The predicted octanol–water partition coefficient (Wildman–Crippen LogP) is 3.27. The first-order chi connectivity index (χ1) is 9.19. The summed E-state index contributed by atoms with van der Waals surface area (Å²) in [5.74, 6) is 0. The van der Waals surface area contributed by atoms with E-state index in [1.165, 1.54) is 32.1 Å². The third-order valence-corrected chi connectivity index (χ3v) is 4.44. The highest BCUT2D eigenvalue weighted by Crippen LogP contribution is 2.27. The minimum absolute atomic E-state index is 0.345. The SMILES string of the molecule is CCNC1CCCCCC1OC1CC(C)OC(C)C1. The summed E-state index contributed by atoms with van der Waals surface area (Å²) in [4.78, 5) is 0. The lowest BCUT2D eigenvalue weighted by Crippen LogP contribution is -2.44. The fourth-order valence-corrected chi connectivity index (χ4v) is 3.63. The topological polar surface area (TPSA) is 30.5 Å². The molecule has 1 aliphatic heterocycles. The fraction of sp³-hybridized carbons (Fsp3) is 1.00. The molecule has 0 spiro atoms. The van der Waals surface area contributed by atoms with E-state index >= 15 is 0 Å². The third-order valence-electron chi connectivity index (χ3n) is 4.44. The molecule has 0 aromatic heterocycles. The van der Waals surface area contributed by atoms with Crippen molar-refractivity contribution in [3.63, 3.8) is 0 Å². The van der Waals surface area contributed by atoms with E-state index in [4.69, 9.17) is 9.47 Å². The lowest BCUT2D eigenvalue weighted by Gasteiger charge is -2.36. The fourth-order valence-electron chi connectivity index (χ4n) is 3.63. The predicted molar refractivity (Wildman–Crippen MR) is 78.5 cm³/mol. The van der Waals surface area contributed by atoms with Gasteiger partial charge in [0.15, 0.2) is 0 Å². The highest BCUT2D eigenvalue weighted by atomic mass is 16.5. The largest absolute Gasteiger partial charge is 0.375 e. The van der Waals surface area contributed by atoms with Crippen LogP contribution in [-0.4, -0.2) is 37.0 Å². The molecule has 0 aromatic rings. The van der Waals surface area contributed by atoms with Crippen molar-refractivity contribution in [3.8, 4) is 0 Å². The highest BCUT2D eigenvalue weighted by molar-refractivity contribution is 4.83. The molecule has 0 aromatic carbocycles. The Morgan fingerprint density at radius 1 is 1.05 bits per heavy atom. The molecule has 1 saturated heterocycles. The Bertz CT molecular complexity index is 249. The van der Waals surface area contributed by atoms with E-state index in [9.17, 15) is 0 Å². The average molecular weight is 269 g/mol. The first-order valence-electron chi connectivity index (χ1n) is 8.23. The molecule has 1 aliphatic carbocycles.